The van der Waals surface area contributed by atoms with Crippen molar-refractivity contribution in [3.05, 3.63) is 71.8 Å². The SMILES string of the molecule is O=C(/C=C/c1ccc(OCCNCc2ccccc2)cc1)NO. The van der Waals surface area contributed by atoms with Gasteiger partial charge in [0.15, 0.2) is 0 Å². The molecule has 0 bridgehead atoms. The molecule has 2 aromatic rings. The molecule has 0 heterocycles. The Balaban J connectivity index is 1.68. The van der Waals surface area contributed by atoms with Gasteiger partial charge in [0.05, 0.1) is 0 Å². The average Bonchev–Trinajstić information content (AvgIpc) is 2.61. The summed E-state index contributed by atoms with van der Waals surface area (Å²) in [6.07, 6.45) is 2.86. The number of benzene rings is 2. The molecule has 120 valence electrons. The standard InChI is InChI=1S/C18H20N2O3/c21-18(20-22)11-8-15-6-9-17(10-7-15)23-13-12-19-14-16-4-2-1-3-5-16/h1-11,19,22H,12-14H2,(H,20,21)/b11-8+. The summed E-state index contributed by atoms with van der Waals surface area (Å²) in [7, 11) is 0. The fraction of sp³-hybridized carbons (Fsp3) is 0.167. The molecule has 0 saturated heterocycles. The highest BCUT2D eigenvalue weighted by Crippen LogP contribution is 2.13. The zero-order valence-corrected chi connectivity index (χ0v) is 12.7. The van der Waals surface area contributed by atoms with Gasteiger partial charge in [-0.05, 0) is 29.3 Å². The third-order valence-corrected chi connectivity index (χ3v) is 3.14. The minimum absolute atomic E-state index is 0.560. The van der Waals surface area contributed by atoms with E-state index in [2.05, 4.69) is 17.4 Å². The molecule has 0 radical (unpaired) electrons. The quantitative estimate of drug-likeness (QED) is 0.303. The van der Waals surface area contributed by atoms with E-state index in [9.17, 15) is 4.79 Å². The van der Waals surface area contributed by atoms with Crippen LogP contribution < -0.4 is 15.5 Å². The molecule has 0 aliphatic heterocycles. The summed E-state index contributed by atoms with van der Waals surface area (Å²) in [6.45, 7) is 2.16. The molecule has 0 aliphatic carbocycles. The van der Waals surface area contributed by atoms with Crippen LogP contribution in [0, 0.1) is 0 Å². The molecule has 2 rings (SSSR count). The van der Waals surface area contributed by atoms with Gasteiger partial charge < -0.3 is 10.1 Å². The maximum Gasteiger partial charge on any atom is 0.267 e. The molecule has 23 heavy (non-hydrogen) atoms. The number of rotatable bonds is 8. The maximum atomic E-state index is 10.9. The normalized spacial score (nSPS) is 10.7. The fourth-order valence-electron chi connectivity index (χ4n) is 1.95. The fourth-order valence-corrected chi connectivity index (χ4v) is 1.95. The molecule has 5 nitrogen and oxygen atoms in total. The van der Waals surface area contributed by atoms with Crippen LogP contribution in [-0.2, 0) is 11.3 Å². The van der Waals surface area contributed by atoms with Gasteiger partial charge in [0.25, 0.3) is 5.91 Å². The third kappa shape index (κ3) is 6.34. The molecule has 0 saturated carbocycles. The summed E-state index contributed by atoms with van der Waals surface area (Å²) < 4.78 is 5.64. The molecule has 3 N–H and O–H groups in total. The van der Waals surface area contributed by atoms with Gasteiger partial charge in [-0.3, -0.25) is 10.0 Å². The van der Waals surface area contributed by atoms with Crippen LogP contribution in [0.1, 0.15) is 11.1 Å². The Kier molecular flexibility index (Phi) is 6.84. The van der Waals surface area contributed by atoms with Crippen molar-refractivity contribution in [2.75, 3.05) is 13.2 Å². The molecular weight excluding hydrogens is 292 g/mol. The highest BCUT2D eigenvalue weighted by Gasteiger charge is 1.96. The summed E-state index contributed by atoms with van der Waals surface area (Å²) in [5, 5.41) is 11.7. The first kappa shape index (κ1) is 16.7. The summed E-state index contributed by atoms with van der Waals surface area (Å²) >= 11 is 0. The van der Waals surface area contributed by atoms with Crippen LogP contribution in [0.15, 0.2) is 60.7 Å². The molecule has 1 amide bonds. The second-order valence-corrected chi connectivity index (χ2v) is 4.89. The Bertz CT molecular complexity index is 624. The lowest BCUT2D eigenvalue weighted by molar-refractivity contribution is -0.124. The van der Waals surface area contributed by atoms with Crippen LogP contribution in [0.4, 0.5) is 0 Å². The number of nitrogens with one attached hydrogen (secondary N) is 2. The lowest BCUT2D eigenvalue weighted by Gasteiger charge is -2.08. The van der Waals surface area contributed by atoms with E-state index >= 15 is 0 Å². The third-order valence-electron chi connectivity index (χ3n) is 3.14. The lowest BCUT2D eigenvalue weighted by Crippen LogP contribution is -2.20. The molecule has 0 spiro atoms. The smallest absolute Gasteiger partial charge is 0.267 e. The average molecular weight is 312 g/mol. The lowest BCUT2D eigenvalue weighted by atomic mass is 10.2. The van der Waals surface area contributed by atoms with Crippen LogP contribution in [0.2, 0.25) is 0 Å². The molecule has 0 fully saturated rings. The van der Waals surface area contributed by atoms with Gasteiger partial charge in [-0.1, -0.05) is 42.5 Å². The Morgan fingerprint density at radius 3 is 2.52 bits per heavy atom. The van der Waals surface area contributed by atoms with E-state index in [0.29, 0.717) is 6.61 Å². The molecular formula is C18H20N2O3. The minimum Gasteiger partial charge on any atom is -0.492 e. The zero-order chi connectivity index (χ0) is 16.3. The van der Waals surface area contributed by atoms with Gasteiger partial charge in [-0.2, -0.15) is 0 Å². The van der Waals surface area contributed by atoms with Crippen LogP contribution in [0.5, 0.6) is 5.75 Å². The van der Waals surface area contributed by atoms with E-state index in [1.165, 1.54) is 11.6 Å². The van der Waals surface area contributed by atoms with Crippen LogP contribution in [0.25, 0.3) is 6.08 Å². The first-order valence-electron chi connectivity index (χ1n) is 7.37. The van der Waals surface area contributed by atoms with Gasteiger partial charge in [-0.15, -0.1) is 0 Å². The molecule has 0 atom stereocenters. The summed E-state index contributed by atoms with van der Waals surface area (Å²) in [6, 6.07) is 17.6. The van der Waals surface area contributed by atoms with Crippen molar-refractivity contribution in [2.45, 2.75) is 6.54 Å². The van der Waals surface area contributed by atoms with Crippen molar-refractivity contribution < 1.29 is 14.7 Å². The van der Waals surface area contributed by atoms with Crippen molar-refractivity contribution in [1.29, 1.82) is 0 Å². The van der Waals surface area contributed by atoms with Crippen LogP contribution >= 0.6 is 0 Å². The Labute approximate surface area is 135 Å². The van der Waals surface area contributed by atoms with Crippen LogP contribution in [0.3, 0.4) is 0 Å². The second-order valence-electron chi connectivity index (χ2n) is 4.89. The van der Waals surface area contributed by atoms with E-state index in [0.717, 1.165) is 24.4 Å². The molecule has 0 unspecified atom stereocenters. The van der Waals surface area contributed by atoms with Gasteiger partial charge in [0.1, 0.15) is 12.4 Å². The Morgan fingerprint density at radius 1 is 1.09 bits per heavy atom. The molecule has 0 aliphatic rings. The van der Waals surface area contributed by atoms with Gasteiger partial charge in [0.2, 0.25) is 0 Å². The molecule has 0 aromatic heterocycles. The molecule has 5 heteroatoms. The summed E-state index contributed by atoms with van der Waals surface area (Å²) in [5.74, 6) is 0.213. The topological polar surface area (TPSA) is 70.6 Å². The summed E-state index contributed by atoms with van der Waals surface area (Å²) in [4.78, 5) is 10.9. The van der Waals surface area contributed by atoms with Crippen molar-refractivity contribution in [1.82, 2.24) is 10.8 Å². The minimum atomic E-state index is -0.560. The number of ether oxygens (including phenoxy) is 1. The van der Waals surface area contributed by atoms with Crippen molar-refractivity contribution in [3.8, 4) is 5.75 Å². The highest BCUT2D eigenvalue weighted by molar-refractivity contribution is 5.90. The largest absolute Gasteiger partial charge is 0.492 e. The number of carbonyl (C=O) groups is 1. The van der Waals surface area contributed by atoms with E-state index < -0.39 is 5.91 Å². The van der Waals surface area contributed by atoms with E-state index in [-0.39, 0.29) is 0 Å². The number of hydrogen-bond donors (Lipinski definition) is 3. The number of carbonyl (C=O) groups excluding carboxylic acids is 1. The van der Waals surface area contributed by atoms with Gasteiger partial charge in [0, 0.05) is 19.2 Å². The number of hydroxylamine groups is 1. The van der Waals surface area contributed by atoms with E-state index in [4.69, 9.17) is 9.94 Å². The van der Waals surface area contributed by atoms with E-state index in [1.807, 2.05) is 42.5 Å². The first-order valence-corrected chi connectivity index (χ1v) is 7.37. The highest BCUT2D eigenvalue weighted by atomic mass is 16.5. The summed E-state index contributed by atoms with van der Waals surface area (Å²) in [5.41, 5.74) is 3.64. The van der Waals surface area contributed by atoms with Crippen molar-refractivity contribution in [2.24, 2.45) is 0 Å². The number of amides is 1. The molecule has 2 aromatic carbocycles. The van der Waals surface area contributed by atoms with Gasteiger partial charge >= 0.3 is 0 Å². The van der Waals surface area contributed by atoms with E-state index in [1.54, 1.807) is 11.6 Å². The van der Waals surface area contributed by atoms with Crippen LogP contribution in [-0.4, -0.2) is 24.3 Å². The van der Waals surface area contributed by atoms with Gasteiger partial charge in [-0.25, -0.2) is 5.48 Å². The predicted molar refractivity (Wildman–Crippen MR) is 89.0 cm³/mol. The first-order chi connectivity index (χ1) is 11.3. The number of hydrogen-bond acceptors (Lipinski definition) is 4. The zero-order valence-electron chi connectivity index (χ0n) is 12.7. The van der Waals surface area contributed by atoms with Crippen molar-refractivity contribution >= 4 is 12.0 Å². The van der Waals surface area contributed by atoms with Crippen molar-refractivity contribution in [3.63, 3.8) is 0 Å². The second kappa shape index (κ2) is 9.40. The Morgan fingerprint density at radius 2 is 1.83 bits per heavy atom. The predicted octanol–water partition coefficient (Wildman–Crippen LogP) is 2.37. The maximum absolute atomic E-state index is 10.9. The monoisotopic (exact) mass is 312 g/mol. The Hall–Kier alpha value is -2.63.